The lowest BCUT2D eigenvalue weighted by molar-refractivity contribution is -0.160. The zero-order chi connectivity index (χ0) is 20.3. The van der Waals surface area contributed by atoms with Gasteiger partial charge >= 0.3 is 0 Å². The molecule has 0 spiro atoms. The molecular weight excluding hydrogens is 386 g/mol. The molecule has 0 atom stereocenters. The molecule has 1 aliphatic carbocycles. The van der Waals surface area contributed by atoms with Crippen LogP contribution in [0.2, 0.25) is 5.02 Å². The summed E-state index contributed by atoms with van der Waals surface area (Å²) >= 11 is 6.45. The van der Waals surface area contributed by atoms with Gasteiger partial charge < -0.3 is 14.6 Å². The number of ether oxygens (including phenoxy) is 1. The summed E-state index contributed by atoms with van der Waals surface area (Å²) in [7, 11) is 0. The summed E-state index contributed by atoms with van der Waals surface area (Å²) in [6.45, 7) is 1.95. The second-order valence-electron chi connectivity index (χ2n) is 8.55. The largest absolute Gasteiger partial charge is 0.380 e. The van der Waals surface area contributed by atoms with Gasteiger partial charge in [0.05, 0.1) is 41.9 Å². The fourth-order valence-corrected chi connectivity index (χ4v) is 5.28. The van der Waals surface area contributed by atoms with Crippen molar-refractivity contribution >= 4 is 34.1 Å². The highest BCUT2D eigenvalue weighted by molar-refractivity contribution is 6.36. The molecule has 0 unspecified atom stereocenters. The first-order chi connectivity index (χ1) is 14.1. The first kappa shape index (κ1) is 20.3. The van der Waals surface area contributed by atoms with Gasteiger partial charge in [0, 0.05) is 30.0 Å². The van der Waals surface area contributed by atoms with Gasteiger partial charge in [-0.3, -0.25) is 4.79 Å². The van der Waals surface area contributed by atoms with Crippen LogP contribution in [0.5, 0.6) is 0 Å². The predicted molar refractivity (Wildman–Crippen MR) is 115 cm³/mol. The van der Waals surface area contributed by atoms with E-state index in [0.29, 0.717) is 43.5 Å². The van der Waals surface area contributed by atoms with Crippen molar-refractivity contribution in [2.45, 2.75) is 57.9 Å². The van der Waals surface area contributed by atoms with Crippen LogP contribution in [0.1, 0.15) is 51.4 Å². The smallest absolute Gasteiger partial charge is 0.225 e. The quantitative estimate of drug-likeness (QED) is 0.633. The third kappa shape index (κ3) is 4.15. The van der Waals surface area contributed by atoms with Crippen molar-refractivity contribution in [3.05, 3.63) is 29.4 Å². The van der Waals surface area contributed by atoms with Crippen LogP contribution < -0.4 is 5.32 Å². The standard InChI is InChI=1S/C23H28ClN3O2/c24-18-9-5-10-20-22(18)19(14-27(20)12-6-11-25)26-21(28)13-23(15-29-16-23)17-7-3-1-2-4-8-17/h5,9-10,14,17H,1-4,6-8,12-13,15-16H2,(H,26,28). The number of anilines is 1. The number of benzene rings is 1. The van der Waals surface area contributed by atoms with E-state index in [1.807, 2.05) is 29.0 Å². The van der Waals surface area contributed by atoms with E-state index in [-0.39, 0.29) is 11.3 Å². The summed E-state index contributed by atoms with van der Waals surface area (Å²) in [4.78, 5) is 13.1. The van der Waals surface area contributed by atoms with E-state index in [4.69, 9.17) is 21.6 Å². The highest BCUT2D eigenvalue weighted by Gasteiger charge is 2.46. The number of fused-ring (bicyclic) bond motifs is 1. The van der Waals surface area contributed by atoms with E-state index in [9.17, 15) is 4.79 Å². The first-order valence-electron chi connectivity index (χ1n) is 10.6. The van der Waals surface area contributed by atoms with Gasteiger partial charge in [-0.05, 0) is 30.9 Å². The minimum absolute atomic E-state index is 0.0165. The second kappa shape index (κ2) is 8.77. The summed E-state index contributed by atoms with van der Waals surface area (Å²) < 4.78 is 7.58. The average molecular weight is 414 g/mol. The minimum Gasteiger partial charge on any atom is -0.380 e. The van der Waals surface area contributed by atoms with Crippen LogP contribution in [0.3, 0.4) is 0 Å². The van der Waals surface area contributed by atoms with Gasteiger partial charge in [0.1, 0.15) is 0 Å². The summed E-state index contributed by atoms with van der Waals surface area (Å²) in [5.41, 5.74) is 1.65. The molecule has 1 saturated heterocycles. The normalized spacial score (nSPS) is 19.3. The van der Waals surface area contributed by atoms with Crippen molar-refractivity contribution in [3.8, 4) is 6.07 Å². The summed E-state index contributed by atoms with van der Waals surface area (Å²) in [5.74, 6) is 0.599. The van der Waals surface area contributed by atoms with Gasteiger partial charge in [-0.1, -0.05) is 43.4 Å². The molecule has 29 heavy (non-hydrogen) atoms. The third-order valence-electron chi connectivity index (χ3n) is 6.61. The molecule has 1 amide bonds. The number of carbonyl (C=O) groups excluding carboxylic acids is 1. The Morgan fingerprint density at radius 2 is 2.03 bits per heavy atom. The molecule has 1 aromatic carbocycles. The van der Waals surface area contributed by atoms with Gasteiger partial charge in [0.15, 0.2) is 0 Å². The molecule has 6 heteroatoms. The molecular formula is C23H28ClN3O2. The number of nitriles is 1. The van der Waals surface area contributed by atoms with E-state index in [2.05, 4.69) is 11.4 Å². The Balaban J connectivity index is 1.53. The SMILES string of the molecule is N#CCCn1cc(NC(=O)CC2(C3CCCCCC3)COC2)c2c(Cl)cccc21. The Labute approximate surface area is 177 Å². The molecule has 1 aliphatic heterocycles. The maximum atomic E-state index is 13.1. The molecule has 2 heterocycles. The van der Waals surface area contributed by atoms with Crippen LogP contribution in [0.15, 0.2) is 24.4 Å². The van der Waals surface area contributed by atoms with Crippen molar-refractivity contribution < 1.29 is 9.53 Å². The van der Waals surface area contributed by atoms with Crippen LogP contribution >= 0.6 is 11.6 Å². The van der Waals surface area contributed by atoms with Gasteiger partial charge in [-0.2, -0.15) is 5.26 Å². The number of hydrogen-bond donors (Lipinski definition) is 1. The number of aromatic nitrogens is 1. The Morgan fingerprint density at radius 3 is 2.69 bits per heavy atom. The van der Waals surface area contributed by atoms with E-state index >= 15 is 0 Å². The Bertz CT molecular complexity index is 918. The summed E-state index contributed by atoms with van der Waals surface area (Å²) in [6, 6.07) is 7.88. The molecule has 1 saturated carbocycles. The number of aryl methyl sites for hydroxylation is 1. The van der Waals surface area contributed by atoms with E-state index in [1.165, 1.54) is 38.5 Å². The van der Waals surface area contributed by atoms with Gasteiger partial charge in [0.2, 0.25) is 5.91 Å². The van der Waals surface area contributed by atoms with E-state index in [1.54, 1.807) is 0 Å². The lowest BCUT2D eigenvalue weighted by Crippen LogP contribution is -2.50. The van der Waals surface area contributed by atoms with Crippen LogP contribution in [0.25, 0.3) is 10.9 Å². The maximum absolute atomic E-state index is 13.1. The third-order valence-corrected chi connectivity index (χ3v) is 6.92. The first-order valence-corrected chi connectivity index (χ1v) is 11.0. The molecule has 0 bridgehead atoms. The van der Waals surface area contributed by atoms with Crippen LogP contribution in [-0.2, 0) is 16.1 Å². The molecule has 4 rings (SSSR count). The van der Waals surface area contributed by atoms with Crippen molar-refractivity contribution in [1.82, 2.24) is 4.57 Å². The fourth-order valence-electron chi connectivity index (χ4n) is 5.01. The van der Waals surface area contributed by atoms with Gasteiger partial charge in [-0.25, -0.2) is 0 Å². The Kier molecular flexibility index (Phi) is 6.12. The van der Waals surface area contributed by atoms with E-state index < -0.39 is 0 Å². The zero-order valence-electron chi connectivity index (χ0n) is 16.8. The molecule has 2 aromatic rings. The summed E-state index contributed by atoms with van der Waals surface area (Å²) in [5, 5.41) is 13.5. The van der Waals surface area contributed by atoms with Crippen LogP contribution in [-0.4, -0.2) is 23.7 Å². The number of carbonyl (C=O) groups is 1. The highest BCUT2D eigenvalue weighted by atomic mass is 35.5. The maximum Gasteiger partial charge on any atom is 0.225 e. The monoisotopic (exact) mass is 413 g/mol. The number of nitrogens with one attached hydrogen (secondary N) is 1. The minimum atomic E-state index is -0.0165. The molecule has 154 valence electrons. The van der Waals surface area contributed by atoms with Crippen molar-refractivity contribution in [1.29, 1.82) is 5.26 Å². The lowest BCUT2D eigenvalue weighted by Gasteiger charge is -2.47. The van der Waals surface area contributed by atoms with Crippen molar-refractivity contribution in [2.24, 2.45) is 11.3 Å². The number of halogens is 1. The molecule has 2 aliphatic rings. The van der Waals surface area contributed by atoms with Crippen LogP contribution in [0, 0.1) is 22.7 Å². The fraction of sp³-hybridized carbons (Fsp3) is 0.565. The Morgan fingerprint density at radius 1 is 1.28 bits per heavy atom. The van der Waals surface area contributed by atoms with Gasteiger partial charge in [0.25, 0.3) is 0 Å². The number of nitrogens with zero attached hydrogens (tertiary/aromatic N) is 2. The zero-order valence-corrected chi connectivity index (χ0v) is 17.5. The van der Waals surface area contributed by atoms with Gasteiger partial charge in [-0.15, -0.1) is 0 Å². The Hall–Kier alpha value is -2.03. The number of amides is 1. The summed E-state index contributed by atoms with van der Waals surface area (Å²) in [6.07, 6.45) is 10.3. The second-order valence-corrected chi connectivity index (χ2v) is 8.95. The predicted octanol–water partition coefficient (Wildman–Crippen LogP) is 5.52. The number of hydrogen-bond acceptors (Lipinski definition) is 3. The molecule has 1 aromatic heterocycles. The molecule has 0 radical (unpaired) electrons. The average Bonchev–Trinajstić information content (AvgIpc) is 2.84. The highest BCUT2D eigenvalue weighted by Crippen LogP contribution is 2.46. The van der Waals surface area contributed by atoms with E-state index in [0.717, 1.165) is 16.6 Å². The molecule has 1 N–H and O–H groups in total. The number of rotatable bonds is 6. The lowest BCUT2D eigenvalue weighted by atomic mass is 9.68. The molecule has 2 fully saturated rings. The van der Waals surface area contributed by atoms with Crippen LogP contribution in [0.4, 0.5) is 5.69 Å². The topological polar surface area (TPSA) is 67.0 Å². The molecule has 5 nitrogen and oxygen atoms in total. The van der Waals surface area contributed by atoms with Crippen molar-refractivity contribution in [3.63, 3.8) is 0 Å². The van der Waals surface area contributed by atoms with Crippen molar-refractivity contribution in [2.75, 3.05) is 18.5 Å².